The number of piperazine rings is 1. The topological polar surface area (TPSA) is 74.2 Å². The van der Waals surface area contributed by atoms with Crippen molar-refractivity contribution in [1.29, 1.82) is 0 Å². The van der Waals surface area contributed by atoms with Gasteiger partial charge in [-0.3, -0.25) is 0 Å². The number of H-pyrrole nitrogens is 1. The predicted octanol–water partition coefficient (Wildman–Crippen LogP) is 1.20. The van der Waals surface area contributed by atoms with Crippen molar-refractivity contribution >= 4 is 27.6 Å². The van der Waals surface area contributed by atoms with Crippen molar-refractivity contribution in [2.24, 2.45) is 5.73 Å². The van der Waals surface area contributed by atoms with E-state index in [1.165, 1.54) is 10.2 Å². The van der Waals surface area contributed by atoms with Crippen molar-refractivity contribution in [3.8, 4) is 0 Å². The Hall–Kier alpha value is -1.53. The van der Waals surface area contributed by atoms with Crippen LogP contribution in [0.15, 0.2) is 23.7 Å². The lowest BCUT2D eigenvalue weighted by Crippen LogP contribution is -2.48. The van der Waals surface area contributed by atoms with Gasteiger partial charge in [-0.05, 0) is 17.5 Å². The number of hydrogen-bond donors (Lipinski definition) is 3. The van der Waals surface area contributed by atoms with E-state index in [2.05, 4.69) is 27.8 Å². The highest BCUT2D eigenvalue weighted by atomic mass is 32.1. The summed E-state index contributed by atoms with van der Waals surface area (Å²) >= 11 is 1.76. The third-order valence-electron chi connectivity index (χ3n) is 2.60. The monoisotopic (exact) mass is 252 g/mol. The summed E-state index contributed by atoms with van der Waals surface area (Å²) in [6.07, 6.45) is 1.96. The number of amides is 2. The fourth-order valence-corrected chi connectivity index (χ4v) is 2.41. The maximum absolute atomic E-state index is 10.5. The van der Waals surface area contributed by atoms with E-state index in [0.717, 1.165) is 26.2 Å². The molecule has 1 fully saturated rings. The number of thiophene rings is 1. The van der Waals surface area contributed by atoms with E-state index in [4.69, 9.17) is 5.73 Å². The molecule has 2 aromatic heterocycles. The van der Waals surface area contributed by atoms with Crippen LogP contribution in [0.1, 0.15) is 0 Å². The summed E-state index contributed by atoms with van der Waals surface area (Å²) in [6, 6.07) is 3.86. The molecule has 1 saturated heterocycles. The van der Waals surface area contributed by atoms with E-state index in [-0.39, 0.29) is 6.03 Å². The highest BCUT2D eigenvalue weighted by Gasteiger charge is 2.11. The Labute approximate surface area is 104 Å². The molecule has 1 aliphatic rings. The van der Waals surface area contributed by atoms with Crippen LogP contribution in [0.3, 0.4) is 0 Å². The molecule has 0 aliphatic carbocycles. The van der Waals surface area contributed by atoms with Gasteiger partial charge in [0.05, 0.1) is 10.2 Å². The molecule has 0 aromatic carbocycles. The van der Waals surface area contributed by atoms with Crippen molar-refractivity contribution < 1.29 is 4.79 Å². The SMILES string of the molecule is NC(=O)N1CCNCC1.c1cc2sccc2[nH]1. The van der Waals surface area contributed by atoms with Crippen LogP contribution in [-0.2, 0) is 0 Å². The predicted molar refractivity (Wildman–Crippen MR) is 70.2 cm³/mol. The molecule has 0 radical (unpaired) electrons. The van der Waals surface area contributed by atoms with Crippen molar-refractivity contribution in [3.63, 3.8) is 0 Å². The van der Waals surface area contributed by atoms with Gasteiger partial charge in [-0.2, -0.15) is 0 Å². The first-order valence-electron chi connectivity index (χ1n) is 5.53. The van der Waals surface area contributed by atoms with Gasteiger partial charge in [0.2, 0.25) is 0 Å². The lowest BCUT2D eigenvalue weighted by atomic mass is 10.4. The summed E-state index contributed by atoms with van der Waals surface area (Å²) in [5, 5.41) is 5.20. The van der Waals surface area contributed by atoms with Gasteiger partial charge in [0, 0.05) is 32.4 Å². The van der Waals surface area contributed by atoms with E-state index < -0.39 is 0 Å². The smallest absolute Gasteiger partial charge is 0.314 e. The normalized spacial score (nSPS) is 15.4. The Morgan fingerprint density at radius 2 is 2.12 bits per heavy atom. The first-order valence-corrected chi connectivity index (χ1v) is 6.41. The summed E-state index contributed by atoms with van der Waals surface area (Å²) in [5.74, 6) is 0. The molecule has 2 aromatic rings. The van der Waals surface area contributed by atoms with Gasteiger partial charge < -0.3 is 20.9 Å². The first kappa shape index (κ1) is 11.9. The van der Waals surface area contributed by atoms with Crippen LogP contribution in [0.2, 0.25) is 0 Å². The van der Waals surface area contributed by atoms with Gasteiger partial charge in [-0.1, -0.05) is 0 Å². The summed E-state index contributed by atoms with van der Waals surface area (Å²) in [5.41, 5.74) is 6.27. The minimum atomic E-state index is -0.309. The average molecular weight is 252 g/mol. The molecule has 0 atom stereocenters. The molecule has 0 bridgehead atoms. The summed E-state index contributed by atoms with van der Waals surface area (Å²) < 4.78 is 1.34. The van der Waals surface area contributed by atoms with Crippen LogP contribution in [0.25, 0.3) is 10.2 Å². The Balaban J connectivity index is 0.000000127. The molecule has 6 heteroatoms. The largest absolute Gasteiger partial charge is 0.360 e. The van der Waals surface area contributed by atoms with Crippen LogP contribution in [0.4, 0.5) is 4.79 Å². The number of carbonyl (C=O) groups excluding carboxylic acids is 1. The Bertz CT molecular complexity index is 421. The number of primary amides is 1. The highest BCUT2D eigenvalue weighted by Crippen LogP contribution is 2.17. The number of aromatic amines is 1. The van der Waals surface area contributed by atoms with E-state index in [0.29, 0.717) is 0 Å². The third kappa shape index (κ3) is 3.21. The van der Waals surface area contributed by atoms with Crippen LogP contribution in [0.5, 0.6) is 0 Å². The van der Waals surface area contributed by atoms with Gasteiger partial charge >= 0.3 is 6.03 Å². The molecule has 0 unspecified atom stereocenters. The number of rotatable bonds is 0. The molecule has 3 heterocycles. The van der Waals surface area contributed by atoms with Crippen LogP contribution >= 0.6 is 11.3 Å². The maximum atomic E-state index is 10.5. The molecular weight excluding hydrogens is 236 g/mol. The Morgan fingerprint density at radius 1 is 1.35 bits per heavy atom. The van der Waals surface area contributed by atoms with E-state index in [1.54, 1.807) is 16.2 Å². The number of nitrogens with zero attached hydrogens (tertiary/aromatic N) is 1. The third-order valence-corrected chi connectivity index (χ3v) is 3.48. The zero-order valence-corrected chi connectivity index (χ0v) is 10.3. The van der Waals surface area contributed by atoms with Gasteiger partial charge in [0.1, 0.15) is 0 Å². The lowest BCUT2D eigenvalue weighted by molar-refractivity contribution is 0.200. The maximum Gasteiger partial charge on any atom is 0.314 e. The minimum absolute atomic E-state index is 0.309. The van der Waals surface area contributed by atoms with Gasteiger partial charge in [0.15, 0.2) is 0 Å². The van der Waals surface area contributed by atoms with Crippen molar-refractivity contribution in [2.75, 3.05) is 26.2 Å². The number of aromatic nitrogens is 1. The van der Waals surface area contributed by atoms with Crippen LogP contribution < -0.4 is 11.1 Å². The molecule has 1 aliphatic heterocycles. The fraction of sp³-hybridized carbons (Fsp3) is 0.364. The highest BCUT2D eigenvalue weighted by molar-refractivity contribution is 7.17. The zero-order valence-electron chi connectivity index (χ0n) is 9.48. The number of fused-ring (bicyclic) bond motifs is 1. The first-order chi connectivity index (χ1) is 8.27. The molecule has 3 rings (SSSR count). The van der Waals surface area contributed by atoms with E-state index in [1.807, 2.05) is 6.20 Å². The second-order valence-corrected chi connectivity index (χ2v) is 4.70. The zero-order chi connectivity index (χ0) is 12.1. The summed E-state index contributed by atoms with van der Waals surface area (Å²) in [6.45, 7) is 3.22. The second kappa shape index (κ2) is 5.70. The molecule has 0 saturated carbocycles. The minimum Gasteiger partial charge on any atom is -0.360 e. The van der Waals surface area contributed by atoms with Crippen LogP contribution in [-0.4, -0.2) is 42.1 Å². The van der Waals surface area contributed by atoms with Crippen molar-refractivity contribution in [1.82, 2.24) is 15.2 Å². The van der Waals surface area contributed by atoms with Crippen molar-refractivity contribution in [2.45, 2.75) is 0 Å². The Kier molecular flexibility index (Phi) is 4.00. The van der Waals surface area contributed by atoms with Crippen molar-refractivity contribution in [3.05, 3.63) is 23.7 Å². The van der Waals surface area contributed by atoms with Gasteiger partial charge in [-0.15, -0.1) is 11.3 Å². The summed E-state index contributed by atoms with van der Waals surface area (Å²) in [7, 11) is 0. The van der Waals surface area contributed by atoms with Gasteiger partial charge in [0.25, 0.3) is 0 Å². The molecule has 5 nitrogen and oxygen atoms in total. The standard InChI is InChI=1S/C6H5NS.C5H11N3O/c1-3-7-5-2-4-8-6(1)5;6-5(9)8-3-1-7-2-4-8/h1-4,7H;7H,1-4H2,(H2,6,9). The Morgan fingerprint density at radius 3 is 2.71 bits per heavy atom. The molecule has 2 amide bonds. The quantitative estimate of drug-likeness (QED) is 0.659. The lowest BCUT2D eigenvalue weighted by Gasteiger charge is -2.25. The van der Waals surface area contributed by atoms with Crippen LogP contribution in [0, 0.1) is 0 Å². The fourth-order valence-electron chi connectivity index (χ4n) is 1.66. The molecule has 4 N–H and O–H groups in total. The number of nitrogens with one attached hydrogen (secondary N) is 2. The number of carbonyl (C=O) groups is 1. The van der Waals surface area contributed by atoms with E-state index in [9.17, 15) is 4.79 Å². The average Bonchev–Trinajstić information content (AvgIpc) is 2.93. The number of hydrogen-bond acceptors (Lipinski definition) is 3. The van der Waals surface area contributed by atoms with Gasteiger partial charge in [-0.25, -0.2) is 4.79 Å². The molecule has 17 heavy (non-hydrogen) atoms. The number of nitrogens with two attached hydrogens (primary N) is 1. The number of urea groups is 1. The second-order valence-electron chi connectivity index (χ2n) is 3.75. The molecular formula is C11H16N4OS. The summed E-state index contributed by atoms with van der Waals surface area (Å²) in [4.78, 5) is 15.2. The van der Waals surface area contributed by atoms with E-state index >= 15 is 0 Å². The molecule has 0 spiro atoms. The molecule has 92 valence electrons.